The summed E-state index contributed by atoms with van der Waals surface area (Å²) in [5.41, 5.74) is 6.00. The Kier molecular flexibility index (Phi) is 4.73. The van der Waals surface area contributed by atoms with Crippen molar-refractivity contribution in [1.82, 2.24) is 5.32 Å². The third-order valence-electron chi connectivity index (χ3n) is 3.50. The summed E-state index contributed by atoms with van der Waals surface area (Å²) in [6.45, 7) is 0. The summed E-state index contributed by atoms with van der Waals surface area (Å²) in [7, 11) is 0. The molecule has 20 heavy (non-hydrogen) atoms. The lowest BCUT2D eigenvalue weighted by molar-refractivity contribution is 0.0933. The summed E-state index contributed by atoms with van der Waals surface area (Å²) in [5.74, 6) is -0.278. The van der Waals surface area contributed by atoms with Crippen LogP contribution in [0, 0.1) is 5.92 Å². The van der Waals surface area contributed by atoms with Gasteiger partial charge in [0.05, 0.1) is 10.6 Å². The van der Waals surface area contributed by atoms with Gasteiger partial charge in [0.25, 0.3) is 5.91 Å². The van der Waals surface area contributed by atoms with E-state index in [2.05, 4.69) is 10.5 Å². The molecular formula is C13H15Cl2N3O2. The van der Waals surface area contributed by atoms with E-state index in [4.69, 9.17) is 34.1 Å². The van der Waals surface area contributed by atoms with Crippen molar-refractivity contribution in [2.24, 2.45) is 16.8 Å². The van der Waals surface area contributed by atoms with Gasteiger partial charge in [-0.25, -0.2) is 0 Å². The number of carbonyl (C=O) groups excluding carboxylic acids is 1. The number of nitrogens with zero attached hydrogens (tertiary/aromatic N) is 1. The molecule has 1 fully saturated rings. The molecule has 1 aromatic carbocycles. The lowest BCUT2D eigenvalue weighted by atomic mass is 10.0. The average molecular weight is 316 g/mol. The highest BCUT2D eigenvalue weighted by Gasteiger charge is 2.32. The maximum Gasteiger partial charge on any atom is 0.253 e. The molecule has 0 spiro atoms. The second-order valence-electron chi connectivity index (χ2n) is 4.77. The van der Waals surface area contributed by atoms with Crippen LogP contribution >= 0.6 is 23.2 Å². The molecule has 1 saturated carbocycles. The van der Waals surface area contributed by atoms with Crippen LogP contribution in [0.25, 0.3) is 0 Å². The predicted molar refractivity (Wildman–Crippen MR) is 78.5 cm³/mol. The topological polar surface area (TPSA) is 87.7 Å². The number of carbonyl (C=O) groups is 1. The van der Waals surface area contributed by atoms with Gasteiger partial charge in [-0.05, 0) is 31.0 Å². The SMILES string of the molecule is NC(=NO)C1CCCC1NC(=O)c1ccc(Cl)cc1Cl. The second-order valence-corrected chi connectivity index (χ2v) is 5.61. The van der Waals surface area contributed by atoms with Gasteiger partial charge < -0.3 is 16.3 Å². The molecule has 1 aliphatic rings. The van der Waals surface area contributed by atoms with Gasteiger partial charge >= 0.3 is 0 Å². The van der Waals surface area contributed by atoms with Crippen molar-refractivity contribution in [3.63, 3.8) is 0 Å². The molecule has 4 N–H and O–H groups in total. The van der Waals surface area contributed by atoms with Crippen LogP contribution in [0.15, 0.2) is 23.4 Å². The molecule has 1 aliphatic carbocycles. The van der Waals surface area contributed by atoms with E-state index < -0.39 is 0 Å². The highest BCUT2D eigenvalue weighted by Crippen LogP contribution is 2.27. The first kappa shape index (κ1) is 14.9. The van der Waals surface area contributed by atoms with Crippen LogP contribution in [-0.4, -0.2) is 23.0 Å². The summed E-state index contributed by atoms with van der Waals surface area (Å²) in [5, 5.41) is 15.4. The van der Waals surface area contributed by atoms with E-state index >= 15 is 0 Å². The third-order valence-corrected chi connectivity index (χ3v) is 4.05. The zero-order valence-corrected chi connectivity index (χ0v) is 12.2. The first-order chi connectivity index (χ1) is 9.52. The van der Waals surface area contributed by atoms with Gasteiger partial charge in [-0.1, -0.05) is 34.8 Å². The Bertz CT molecular complexity index is 548. The van der Waals surface area contributed by atoms with Crippen molar-refractivity contribution in [1.29, 1.82) is 0 Å². The highest BCUT2D eigenvalue weighted by atomic mass is 35.5. The molecule has 1 amide bonds. The van der Waals surface area contributed by atoms with Crippen molar-refractivity contribution < 1.29 is 10.0 Å². The minimum Gasteiger partial charge on any atom is -0.409 e. The van der Waals surface area contributed by atoms with E-state index in [0.29, 0.717) is 15.6 Å². The number of rotatable bonds is 3. The molecule has 0 aliphatic heterocycles. The van der Waals surface area contributed by atoms with Crippen LogP contribution in [0.2, 0.25) is 10.0 Å². The Morgan fingerprint density at radius 2 is 2.15 bits per heavy atom. The fourth-order valence-corrected chi connectivity index (χ4v) is 2.98. The number of oxime groups is 1. The fraction of sp³-hybridized carbons (Fsp3) is 0.385. The number of amides is 1. The molecule has 5 nitrogen and oxygen atoms in total. The maximum absolute atomic E-state index is 12.2. The van der Waals surface area contributed by atoms with Crippen molar-refractivity contribution in [2.75, 3.05) is 0 Å². The maximum atomic E-state index is 12.2. The quantitative estimate of drug-likeness (QED) is 0.347. The fourth-order valence-electron chi connectivity index (χ4n) is 2.48. The molecule has 0 heterocycles. The normalized spacial score (nSPS) is 22.8. The van der Waals surface area contributed by atoms with Crippen LogP contribution in [0.4, 0.5) is 0 Å². The van der Waals surface area contributed by atoms with E-state index in [0.717, 1.165) is 19.3 Å². The number of amidine groups is 1. The predicted octanol–water partition coefficient (Wildman–Crippen LogP) is 2.64. The van der Waals surface area contributed by atoms with Crippen molar-refractivity contribution in [2.45, 2.75) is 25.3 Å². The largest absolute Gasteiger partial charge is 0.409 e. The lowest BCUT2D eigenvalue weighted by Crippen LogP contribution is -2.42. The summed E-state index contributed by atoms with van der Waals surface area (Å²) in [6, 6.07) is 4.56. The molecule has 7 heteroatoms. The van der Waals surface area contributed by atoms with Crippen LogP contribution in [0.3, 0.4) is 0 Å². The van der Waals surface area contributed by atoms with Gasteiger partial charge in [0, 0.05) is 17.0 Å². The molecule has 0 aromatic heterocycles. The molecule has 1 aromatic rings. The number of hydrogen-bond acceptors (Lipinski definition) is 3. The Balaban J connectivity index is 2.11. The van der Waals surface area contributed by atoms with Gasteiger partial charge in [-0.3, -0.25) is 4.79 Å². The second kappa shape index (κ2) is 6.33. The van der Waals surface area contributed by atoms with Gasteiger partial charge in [0.1, 0.15) is 5.84 Å². The standard InChI is InChI=1S/C13H15Cl2N3O2/c14-7-4-5-8(10(15)6-7)13(19)17-11-3-1-2-9(11)12(16)18-20/h4-6,9,11,20H,1-3H2,(H2,16,18)(H,17,19). The number of hydrogen-bond donors (Lipinski definition) is 3. The zero-order chi connectivity index (χ0) is 14.7. The molecule has 0 saturated heterocycles. The Labute approximate surface area is 126 Å². The van der Waals surface area contributed by atoms with E-state index in [9.17, 15) is 4.79 Å². The van der Waals surface area contributed by atoms with E-state index in [1.165, 1.54) is 6.07 Å². The number of nitrogens with one attached hydrogen (secondary N) is 1. The van der Waals surface area contributed by atoms with Crippen LogP contribution in [0.1, 0.15) is 29.6 Å². The number of nitrogens with two attached hydrogens (primary N) is 1. The van der Waals surface area contributed by atoms with Crippen molar-refractivity contribution >= 4 is 34.9 Å². The van der Waals surface area contributed by atoms with Gasteiger partial charge in [0.15, 0.2) is 0 Å². The first-order valence-corrected chi connectivity index (χ1v) is 7.02. The van der Waals surface area contributed by atoms with E-state index in [1.54, 1.807) is 12.1 Å². The average Bonchev–Trinajstić information content (AvgIpc) is 2.85. The van der Waals surface area contributed by atoms with Crippen molar-refractivity contribution in [3.05, 3.63) is 33.8 Å². The summed E-state index contributed by atoms with van der Waals surface area (Å²) in [6.07, 6.45) is 2.49. The minimum absolute atomic E-state index is 0.143. The van der Waals surface area contributed by atoms with Gasteiger partial charge in [0.2, 0.25) is 0 Å². The van der Waals surface area contributed by atoms with E-state index in [-0.39, 0.29) is 23.7 Å². The smallest absolute Gasteiger partial charge is 0.253 e. The summed E-state index contributed by atoms with van der Waals surface area (Å²) >= 11 is 11.8. The Morgan fingerprint density at radius 1 is 1.40 bits per heavy atom. The van der Waals surface area contributed by atoms with Crippen LogP contribution in [-0.2, 0) is 0 Å². The van der Waals surface area contributed by atoms with Crippen molar-refractivity contribution in [3.8, 4) is 0 Å². The van der Waals surface area contributed by atoms with E-state index in [1.807, 2.05) is 0 Å². The number of benzene rings is 1. The molecule has 2 rings (SSSR count). The lowest BCUT2D eigenvalue weighted by Gasteiger charge is -2.20. The molecule has 0 bridgehead atoms. The summed E-state index contributed by atoms with van der Waals surface area (Å²) in [4.78, 5) is 12.2. The summed E-state index contributed by atoms with van der Waals surface area (Å²) < 4.78 is 0. The van der Waals surface area contributed by atoms with Gasteiger partial charge in [-0.2, -0.15) is 0 Å². The molecule has 108 valence electrons. The van der Waals surface area contributed by atoms with Crippen LogP contribution in [0.5, 0.6) is 0 Å². The monoisotopic (exact) mass is 315 g/mol. The first-order valence-electron chi connectivity index (χ1n) is 6.26. The van der Waals surface area contributed by atoms with Crippen LogP contribution < -0.4 is 11.1 Å². The Hall–Kier alpha value is -1.46. The molecule has 0 radical (unpaired) electrons. The molecular weight excluding hydrogens is 301 g/mol. The molecule has 2 unspecified atom stereocenters. The van der Waals surface area contributed by atoms with Gasteiger partial charge in [-0.15, -0.1) is 0 Å². The zero-order valence-electron chi connectivity index (χ0n) is 10.6. The minimum atomic E-state index is -0.283. The third kappa shape index (κ3) is 3.16. The highest BCUT2D eigenvalue weighted by molar-refractivity contribution is 6.36. The molecule has 2 atom stereocenters. The Morgan fingerprint density at radius 3 is 2.80 bits per heavy atom. The number of halogens is 2.